The van der Waals surface area contributed by atoms with E-state index in [1.54, 1.807) is 7.11 Å². The van der Waals surface area contributed by atoms with Crippen molar-refractivity contribution < 1.29 is 4.74 Å². The van der Waals surface area contributed by atoms with Gasteiger partial charge >= 0.3 is 0 Å². The molecule has 1 aliphatic rings. The molecule has 2 N–H and O–H groups in total. The molecule has 1 aromatic rings. The SMILES string of the molecule is COc1cc(C)c(CC2(CN)CCC2)cc1C. The zero-order chi connectivity index (χ0) is 12.5. The maximum atomic E-state index is 5.94. The molecule has 1 fully saturated rings. The molecule has 2 rings (SSSR count). The highest BCUT2D eigenvalue weighted by Crippen LogP contribution is 2.43. The molecule has 0 bridgehead atoms. The molecular formula is C15H23NO. The van der Waals surface area contributed by atoms with Crippen LogP contribution in [0.1, 0.15) is 36.0 Å². The Balaban J connectivity index is 2.24. The van der Waals surface area contributed by atoms with Gasteiger partial charge in [-0.25, -0.2) is 0 Å². The van der Waals surface area contributed by atoms with Gasteiger partial charge in [0.15, 0.2) is 0 Å². The zero-order valence-electron chi connectivity index (χ0n) is 11.2. The Morgan fingerprint density at radius 1 is 1.24 bits per heavy atom. The highest BCUT2D eigenvalue weighted by Gasteiger charge is 2.35. The lowest BCUT2D eigenvalue weighted by molar-refractivity contribution is 0.144. The highest BCUT2D eigenvalue weighted by molar-refractivity contribution is 5.42. The lowest BCUT2D eigenvalue weighted by Crippen LogP contribution is -2.39. The monoisotopic (exact) mass is 233 g/mol. The third-order valence-electron chi connectivity index (χ3n) is 4.27. The van der Waals surface area contributed by atoms with Crippen LogP contribution in [0.3, 0.4) is 0 Å². The van der Waals surface area contributed by atoms with E-state index in [1.165, 1.54) is 36.0 Å². The van der Waals surface area contributed by atoms with Crippen LogP contribution in [0.5, 0.6) is 5.75 Å². The summed E-state index contributed by atoms with van der Waals surface area (Å²) in [5.41, 5.74) is 10.3. The van der Waals surface area contributed by atoms with Crippen molar-refractivity contribution in [2.24, 2.45) is 11.1 Å². The molecule has 0 heterocycles. The smallest absolute Gasteiger partial charge is 0.122 e. The van der Waals surface area contributed by atoms with E-state index < -0.39 is 0 Å². The topological polar surface area (TPSA) is 35.2 Å². The molecule has 0 aliphatic heterocycles. The second kappa shape index (κ2) is 4.69. The number of rotatable bonds is 4. The minimum atomic E-state index is 0.381. The summed E-state index contributed by atoms with van der Waals surface area (Å²) in [7, 11) is 1.73. The Hall–Kier alpha value is -1.02. The van der Waals surface area contributed by atoms with E-state index in [9.17, 15) is 0 Å². The molecular weight excluding hydrogens is 210 g/mol. The molecule has 0 aromatic heterocycles. The molecule has 1 aliphatic carbocycles. The van der Waals surface area contributed by atoms with Crippen molar-refractivity contribution in [3.63, 3.8) is 0 Å². The van der Waals surface area contributed by atoms with Crippen molar-refractivity contribution in [2.45, 2.75) is 39.5 Å². The van der Waals surface area contributed by atoms with Crippen LogP contribution in [0, 0.1) is 19.3 Å². The predicted molar refractivity (Wildman–Crippen MR) is 71.5 cm³/mol. The van der Waals surface area contributed by atoms with Crippen molar-refractivity contribution in [3.05, 3.63) is 28.8 Å². The molecule has 0 saturated heterocycles. The van der Waals surface area contributed by atoms with E-state index in [4.69, 9.17) is 10.5 Å². The molecule has 94 valence electrons. The van der Waals surface area contributed by atoms with Crippen LogP contribution in [-0.2, 0) is 6.42 Å². The number of hydrogen-bond acceptors (Lipinski definition) is 2. The summed E-state index contributed by atoms with van der Waals surface area (Å²) >= 11 is 0. The molecule has 0 amide bonds. The van der Waals surface area contributed by atoms with Crippen LogP contribution in [0.15, 0.2) is 12.1 Å². The van der Waals surface area contributed by atoms with Gasteiger partial charge in [0.05, 0.1) is 7.11 Å². The molecule has 0 unspecified atom stereocenters. The lowest BCUT2D eigenvalue weighted by atomic mass is 9.65. The Morgan fingerprint density at radius 2 is 1.94 bits per heavy atom. The first kappa shape index (κ1) is 12.4. The summed E-state index contributed by atoms with van der Waals surface area (Å²) < 4.78 is 5.35. The average Bonchev–Trinajstić information content (AvgIpc) is 2.27. The zero-order valence-corrected chi connectivity index (χ0v) is 11.2. The first-order valence-corrected chi connectivity index (χ1v) is 6.44. The van der Waals surface area contributed by atoms with Crippen molar-refractivity contribution in [1.82, 2.24) is 0 Å². The Bertz CT molecular complexity index is 402. The third kappa shape index (κ3) is 2.32. The molecule has 0 radical (unpaired) electrons. The van der Waals surface area contributed by atoms with Crippen molar-refractivity contribution in [2.75, 3.05) is 13.7 Å². The summed E-state index contributed by atoms with van der Waals surface area (Å²) in [5, 5.41) is 0. The summed E-state index contributed by atoms with van der Waals surface area (Å²) in [4.78, 5) is 0. The molecule has 0 atom stereocenters. The fraction of sp³-hybridized carbons (Fsp3) is 0.600. The highest BCUT2D eigenvalue weighted by atomic mass is 16.5. The van der Waals surface area contributed by atoms with E-state index in [2.05, 4.69) is 26.0 Å². The Labute approximate surface area is 104 Å². The van der Waals surface area contributed by atoms with Crippen molar-refractivity contribution >= 4 is 0 Å². The molecule has 0 spiro atoms. The quantitative estimate of drug-likeness (QED) is 0.867. The number of aryl methyl sites for hydroxylation is 2. The van der Waals surface area contributed by atoms with Gasteiger partial charge in [-0.3, -0.25) is 0 Å². The van der Waals surface area contributed by atoms with Gasteiger partial charge in [-0.1, -0.05) is 12.5 Å². The second-order valence-corrected chi connectivity index (χ2v) is 5.48. The summed E-state index contributed by atoms with van der Waals surface area (Å²) in [5.74, 6) is 0.988. The fourth-order valence-electron chi connectivity index (χ4n) is 2.79. The van der Waals surface area contributed by atoms with Crippen LogP contribution in [0.25, 0.3) is 0 Å². The van der Waals surface area contributed by atoms with Gasteiger partial charge in [-0.2, -0.15) is 0 Å². The van der Waals surface area contributed by atoms with Gasteiger partial charge in [0.2, 0.25) is 0 Å². The van der Waals surface area contributed by atoms with Crippen LogP contribution in [-0.4, -0.2) is 13.7 Å². The van der Waals surface area contributed by atoms with E-state index >= 15 is 0 Å². The number of hydrogen-bond donors (Lipinski definition) is 1. The maximum absolute atomic E-state index is 5.94. The average molecular weight is 233 g/mol. The molecule has 2 nitrogen and oxygen atoms in total. The van der Waals surface area contributed by atoms with Crippen molar-refractivity contribution in [1.29, 1.82) is 0 Å². The largest absolute Gasteiger partial charge is 0.496 e. The summed E-state index contributed by atoms with van der Waals surface area (Å²) in [6.45, 7) is 5.09. The number of nitrogens with two attached hydrogens (primary N) is 1. The first-order valence-electron chi connectivity index (χ1n) is 6.44. The van der Waals surface area contributed by atoms with Crippen LogP contribution >= 0.6 is 0 Å². The normalized spacial score (nSPS) is 17.6. The fourth-order valence-corrected chi connectivity index (χ4v) is 2.79. The van der Waals surface area contributed by atoms with E-state index in [0.29, 0.717) is 5.41 Å². The maximum Gasteiger partial charge on any atom is 0.122 e. The first-order chi connectivity index (χ1) is 8.10. The number of ether oxygens (including phenoxy) is 1. The molecule has 1 aromatic carbocycles. The van der Waals surface area contributed by atoms with Gasteiger partial charge in [-0.05, 0) is 67.8 Å². The minimum absolute atomic E-state index is 0.381. The Kier molecular flexibility index (Phi) is 3.43. The van der Waals surface area contributed by atoms with Crippen LogP contribution in [0.4, 0.5) is 0 Å². The minimum Gasteiger partial charge on any atom is -0.496 e. The van der Waals surface area contributed by atoms with Gasteiger partial charge in [0, 0.05) is 0 Å². The molecule has 1 saturated carbocycles. The molecule has 17 heavy (non-hydrogen) atoms. The number of methoxy groups -OCH3 is 1. The summed E-state index contributed by atoms with van der Waals surface area (Å²) in [6.07, 6.45) is 5.04. The third-order valence-corrected chi connectivity index (χ3v) is 4.27. The van der Waals surface area contributed by atoms with E-state index in [1.807, 2.05) is 0 Å². The second-order valence-electron chi connectivity index (χ2n) is 5.48. The van der Waals surface area contributed by atoms with Gasteiger partial charge in [0.1, 0.15) is 5.75 Å². The van der Waals surface area contributed by atoms with Crippen LogP contribution in [0.2, 0.25) is 0 Å². The van der Waals surface area contributed by atoms with Gasteiger partial charge < -0.3 is 10.5 Å². The van der Waals surface area contributed by atoms with Crippen molar-refractivity contribution in [3.8, 4) is 5.75 Å². The van der Waals surface area contributed by atoms with Gasteiger partial charge in [-0.15, -0.1) is 0 Å². The summed E-state index contributed by atoms with van der Waals surface area (Å²) in [6, 6.07) is 4.41. The number of benzene rings is 1. The van der Waals surface area contributed by atoms with Crippen LogP contribution < -0.4 is 10.5 Å². The Morgan fingerprint density at radius 3 is 2.41 bits per heavy atom. The van der Waals surface area contributed by atoms with E-state index in [0.717, 1.165) is 18.7 Å². The van der Waals surface area contributed by atoms with Gasteiger partial charge in [0.25, 0.3) is 0 Å². The molecule has 2 heteroatoms. The van der Waals surface area contributed by atoms with E-state index in [-0.39, 0.29) is 0 Å². The lowest BCUT2D eigenvalue weighted by Gasteiger charge is -2.41. The standard InChI is InChI=1S/C15H23NO/c1-11-8-14(17-3)12(2)7-13(11)9-15(10-16)5-4-6-15/h7-8H,4-6,9-10,16H2,1-3H3. The predicted octanol–water partition coefficient (Wildman–Crippen LogP) is 2.98.